The van der Waals surface area contributed by atoms with Crippen LogP contribution in [0.2, 0.25) is 0 Å². The van der Waals surface area contributed by atoms with E-state index in [9.17, 15) is 4.79 Å². The maximum Gasteiger partial charge on any atom is 0.338 e. The summed E-state index contributed by atoms with van der Waals surface area (Å²) in [5.41, 5.74) is 7.89. The van der Waals surface area contributed by atoms with E-state index >= 15 is 0 Å². The molecule has 2 aliphatic rings. The van der Waals surface area contributed by atoms with E-state index in [1.165, 1.54) is 0 Å². The van der Waals surface area contributed by atoms with Gasteiger partial charge in [0.1, 0.15) is 6.10 Å². The Kier molecular flexibility index (Phi) is 4.13. The molecule has 4 nitrogen and oxygen atoms in total. The number of aryl methyl sites for hydroxylation is 1. The molecule has 1 spiro atoms. The maximum absolute atomic E-state index is 12.3. The van der Waals surface area contributed by atoms with Gasteiger partial charge in [-0.05, 0) is 42.9 Å². The van der Waals surface area contributed by atoms with Gasteiger partial charge in [-0.1, -0.05) is 0 Å². The van der Waals surface area contributed by atoms with E-state index in [2.05, 4.69) is 0 Å². The summed E-state index contributed by atoms with van der Waals surface area (Å²) < 4.78 is 11.6. The van der Waals surface area contributed by atoms with Crippen LogP contribution >= 0.6 is 11.8 Å². The quantitative estimate of drug-likeness (QED) is 0.672. The molecule has 0 bridgehead atoms. The first-order valence-corrected chi connectivity index (χ1v) is 8.52. The lowest BCUT2D eigenvalue weighted by Gasteiger charge is -2.37. The van der Waals surface area contributed by atoms with Crippen molar-refractivity contribution in [3.05, 3.63) is 29.3 Å². The zero-order valence-corrected chi connectivity index (χ0v) is 13.1. The lowest BCUT2D eigenvalue weighted by Crippen LogP contribution is -2.43. The van der Waals surface area contributed by atoms with E-state index in [0.29, 0.717) is 17.9 Å². The number of thioether (sulfide) groups is 1. The smallest absolute Gasteiger partial charge is 0.338 e. The lowest BCUT2D eigenvalue weighted by molar-refractivity contribution is -0.106. The van der Waals surface area contributed by atoms with Gasteiger partial charge in [-0.25, -0.2) is 4.79 Å². The number of nitrogens with two attached hydrogens (primary N) is 1. The highest BCUT2D eigenvalue weighted by Gasteiger charge is 2.41. The molecule has 2 N–H and O–H groups in total. The van der Waals surface area contributed by atoms with E-state index in [4.69, 9.17) is 15.2 Å². The molecular formula is C16H21NO3S. The molecule has 114 valence electrons. The van der Waals surface area contributed by atoms with Crippen LogP contribution in [0.3, 0.4) is 0 Å². The van der Waals surface area contributed by atoms with Crippen molar-refractivity contribution >= 4 is 23.4 Å². The van der Waals surface area contributed by atoms with Gasteiger partial charge in [0.05, 0.1) is 17.8 Å². The highest BCUT2D eigenvalue weighted by atomic mass is 32.2. The van der Waals surface area contributed by atoms with Crippen molar-refractivity contribution in [1.29, 1.82) is 0 Å². The number of hydrogen-bond acceptors (Lipinski definition) is 5. The number of rotatable bonds is 2. The fourth-order valence-electron chi connectivity index (χ4n) is 2.97. The van der Waals surface area contributed by atoms with Crippen molar-refractivity contribution in [2.24, 2.45) is 0 Å². The number of carbonyl (C=O) groups excluding carboxylic acids is 1. The zero-order chi connectivity index (χ0) is 14.9. The fraction of sp³-hybridized carbons (Fsp3) is 0.562. The Labute approximate surface area is 129 Å². The van der Waals surface area contributed by atoms with Crippen molar-refractivity contribution in [1.82, 2.24) is 0 Å². The van der Waals surface area contributed by atoms with Crippen molar-refractivity contribution in [3.8, 4) is 0 Å². The summed E-state index contributed by atoms with van der Waals surface area (Å²) in [5, 5.41) is 0. The van der Waals surface area contributed by atoms with E-state index in [0.717, 1.165) is 36.3 Å². The molecule has 21 heavy (non-hydrogen) atoms. The maximum atomic E-state index is 12.3. The normalized spacial score (nSPS) is 28.7. The first-order valence-electron chi connectivity index (χ1n) is 7.37. The van der Waals surface area contributed by atoms with Crippen LogP contribution in [0.5, 0.6) is 0 Å². The van der Waals surface area contributed by atoms with Crippen LogP contribution < -0.4 is 5.73 Å². The van der Waals surface area contributed by atoms with E-state index < -0.39 is 0 Å². The largest absolute Gasteiger partial charge is 0.459 e. The van der Waals surface area contributed by atoms with Crippen LogP contribution in [0.15, 0.2) is 18.2 Å². The molecule has 2 atom stereocenters. The summed E-state index contributed by atoms with van der Waals surface area (Å²) in [5.74, 6) is 1.89. The minimum atomic E-state index is -0.259. The monoisotopic (exact) mass is 307 g/mol. The van der Waals surface area contributed by atoms with Crippen molar-refractivity contribution in [3.63, 3.8) is 0 Å². The third kappa shape index (κ3) is 3.19. The minimum Gasteiger partial charge on any atom is -0.459 e. The van der Waals surface area contributed by atoms with Gasteiger partial charge in [0.2, 0.25) is 0 Å². The van der Waals surface area contributed by atoms with Crippen LogP contribution in [0.4, 0.5) is 5.69 Å². The fourth-order valence-corrected chi connectivity index (χ4v) is 4.35. The Hall–Kier alpha value is -1.20. The van der Waals surface area contributed by atoms with Gasteiger partial charge in [0.15, 0.2) is 0 Å². The molecule has 2 fully saturated rings. The minimum absolute atomic E-state index is 0.0391. The molecule has 2 unspecified atom stereocenters. The number of esters is 1. The topological polar surface area (TPSA) is 61.5 Å². The lowest BCUT2D eigenvalue weighted by atomic mass is 9.91. The molecular weight excluding hydrogens is 286 g/mol. The summed E-state index contributed by atoms with van der Waals surface area (Å²) in [6.07, 6.45) is 2.63. The Bertz CT molecular complexity index is 540. The molecule has 1 aromatic rings. The van der Waals surface area contributed by atoms with Crippen LogP contribution in [0.1, 0.15) is 35.2 Å². The summed E-state index contributed by atoms with van der Waals surface area (Å²) in [6.45, 7) is 2.57. The van der Waals surface area contributed by atoms with Crippen LogP contribution in [-0.2, 0) is 9.47 Å². The predicted molar refractivity (Wildman–Crippen MR) is 84.7 cm³/mol. The van der Waals surface area contributed by atoms with E-state index in [-0.39, 0.29) is 17.7 Å². The Balaban J connectivity index is 1.65. The molecule has 0 amide bonds. The number of hydrogen-bond donors (Lipinski definition) is 1. The first-order chi connectivity index (χ1) is 10.1. The van der Waals surface area contributed by atoms with Crippen molar-refractivity contribution < 1.29 is 14.3 Å². The molecule has 0 aromatic heterocycles. The molecule has 1 aromatic carbocycles. The summed E-state index contributed by atoms with van der Waals surface area (Å²) in [7, 11) is 0. The molecule has 2 heterocycles. The number of ether oxygens (including phenoxy) is 2. The molecule has 0 saturated carbocycles. The predicted octanol–water partition coefficient (Wildman–Crippen LogP) is 2.79. The molecule has 0 aliphatic carbocycles. The van der Waals surface area contributed by atoms with E-state index in [1.807, 2.05) is 18.7 Å². The Morgan fingerprint density at radius 2 is 2.38 bits per heavy atom. The highest BCUT2D eigenvalue weighted by Crippen LogP contribution is 2.39. The molecule has 0 radical (unpaired) electrons. The van der Waals surface area contributed by atoms with Crippen LogP contribution in [0, 0.1) is 6.92 Å². The molecule has 3 rings (SSSR count). The number of benzene rings is 1. The summed E-state index contributed by atoms with van der Waals surface area (Å²) in [4.78, 5) is 12.3. The SMILES string of the molecule is Cc1cc(C(=O)OC2CCOC3(CCSC3)C2)ccc1N. The average molecular weight is 307 g/mol. The first kappa shape index (κ1) is 14.7. The van der Waals surface area contributed by atoms with Gasteiger partial charge in [0, 0.05) is 24.3 Å². The highest BCUT2D eigenvalue weighted by molar-refractivity contribution is 7.99. The molecule has 2 saturated heterocycles. The standard InChI is InChI=1S/C16H21NO3S/c1-11-8-12(2-3-14(11)17)15(18)20-13-4-6-19-16(9-13)5-7-21-10-16/h2-3,8,13H,4-7,9-10,17H2,1H3. The van der Waals surface area contributed by atoms with Crippen LogP contribution in [0.25, 0.3) is 0 Å². The summed E-state index contributed by atoms with van der Waals surface area (Å²) in [6, 6.07) is 5.27. The van der Waals surface area contributed by atoms with Gasteiger partial charge in [-0.2, -0.15) is 11.8 Å². The zero-order valence-electron chi connectivity index (χ0n) is 12.3. The van der Waals surface area contributed by atoms with Gasteiger partial charge in [-0.15, -0.1) is 0 Å². The van der Waals surface area contributed by atoms with Gasteiger partial charge < -0.3 is 15.2 Å². The van der Waals surface area contributed by atoms with Gasteiger partial charge in [0.25, 0.3) is 0 Å². The van der Waals surface area contributed by atoms with Crippen LogP contribution in [-0.4, -0.2) is 35.8 Å². The van der Waals surface area contributed by atoms with Crippen molar-refractivity contribution in [2.45, 2.75) is 37.9 Å². The van der Waals surface area contributed by atoms with Crippen molar-refractivity contribution in [2.75, 3.05) is 23.8 Å². The number of nitrogen functional groups attached to an aromatic ring is 1. The molecule has 5 heteroatoms. The number of anilines is 1. The second-order valence-electron chi connectivity index (χ2n) is 5.93. The van der Waals surface area contributed by atoms with Gasteiger partial charge in [-0.3, -0.25) is 0 Å². The Morgan fingerprint density at radius 1 is 1.52 bits per heavy atom. The third-order valence-electron chi connectivity index (χ3n) is 4.29. The summed E-state index contributed by atoms with van der Waals surface area (Å²) >= 11 is 1.92. The second-order valence-corrected chi connectivity index (χ2v) is 7.03. The van der Waals surface area contributed by atoms with E-state index in [1.54, 1.807) is 18.2 Å². The van der Waals surface area contributed by atoms with Gasteiger partial charge >= 0.3 is 5.97 Å². The number of carbonyl (C=O) groups is 1. The molecule has 2 aliphatic heterocycles. The third-order valence-corrected chi connectivity index (χ3v) is 5.52. The Morgan fingerprint density at radius 3 is 3.10 bits per heavy atom. The average Bonchev–Trinajstić information content (AvgIpc) is 2.89. The second kappa shape index (κ2) is 5.89.